The van der Waals surface area contributed by atoms with Crippen LogP contribution in [0.3, 0.4) is 0 Å². The molecule has 0 aliphatic carbocycles. The lowest BCUT2D eigenvalue weighted by molar-refractivity contribution is -0.0658. The molecule has 0 bridgehead atoms. The summed E-state index contributed by atoms with van der Waals surface area (Å²) in [6.45, 7) is 0. The van der Waals surface area contributed by atoms with Crippen molar-refractivity contribution in [2.45, 2.75) is 5.51 Å². The lowest BCUT2D eigenvalue weighted by Gasteiger charge is -2.12. The number of fused-ring (bicyclic) bond motifs is 1. The number of amides is 2. The highest BCUT2D eigenvalue weighted by molar-refractivity contribution is 7.81. The number of rotatable bonds is 2. The molecule has 0 radical (unpaired) electrons. The minimum atomic E-state index is -5.31. The van der Waals surface area contributed by atoms with Crippen molar-refractivity contribution < 1.29 is 31.3 Å². The molecule has 2 rings (SSSR count). The molecule has 0 saturated heterocycles. The molecular formula is C9Cl4F3NO4S. The highest BCUT2D eigenvalue weighted by atomic mass is 35.5. The average molecular weight is 417 g/mol. The molecule has 22 heavy (non-hydrogen) atoms. The molecule has 2 amide bonds. The Balaban J connectivity index is 2.53. The normalized spacial score (nSPS) is 16.2. The molecule has 1 aromatic rings. The monoisotopic (exact) mass is 415 g/mol. The van der Waals surface area contributed by atoms with Crippen LogP contribution in [-0.4, -0.2) is 26.6 Å². The highest BCUT2D eigenvalue weighted by Crippen LogP contribution is 2.45. The first-order valence-corrected chi connectivity index (χ1v) is 7.49. The maximum Gasteiger partial charge on any atom is 0.499 e. The molecule has 5 nitrogen and oxygen atoms in total. The van der Waals surface area contributed by atoms with Crippen LogP contribution in [0.15, 0.2) is 0 Å². The van der Waals surface area contributed by atoms with Gasteiger partial charge in [0.1, 0.15) is 0 Å². The van der Waals surface area contributed by atoms with E-state index in [2.05, 4.69) is 4.28 Å². The minimum Gasteiger partial charge on any atom is -0.266 e. The molecule has 0 N–H and O–H groups in total. The van der Waals surface area contributed by atoms with E-state index in [9.17, 15) is 27.0 Å². The Kier molecular flexibility index (Phi) is 4.69. The van der Waals surface area contributed by atoms with Crippen LogP contribution in [0.5, 0.6) is 0 Å². The first-order chi connectivity index (χ1) is 9.98. The van der Waals surface area contributed by atoms with Crippen molar-refractivity contribution in [3.8, 4) is 0 Å². The highest BCUT2D eigenvalue weighted by Gasteiger charge is 2.48. The van der Waals surface area contributed by atoms with Gasteiger partial charge >= 0.3 is 5.51 Å². The largest absolute Gasteiger partial charge is 0.499 e. The minimum absolute atomic E-state index is 0.362. The van der Waals surface area contributed by atoms with Crippen molar-refractivity contribution in [3.63, 3.8) is 0 Å². The number of halogens is 7. The van der Waals surface area contributed by atoms with Crippen LogP contribution in [0.4, 0.5) is 13.2 Å². The topological polar surface area (TPSA) is 63.7 Å². The summed E-state index contributed by atoms with van der Waals surface area (Å²) in [4.78, 5) is 23.9. The van der Waals surface area contributed by atoms with E-state index < -0.39 is 49.6 Å². The van der Waals surface area contributed by atoms with E-state index in [4.69, 9.17) is 46.4 Å². The average Bonchev–Trinajstić information content (AvgIpc) is 2.66. The number of alkyl halides is 3. The Morgan fingerprint density at radius 1 is 0.864 bits per heavy atom. The van der Waals surface area contributed by atoms with Gasteiger partial charge < -0.3 is 0 Å². The van der Waals surface area contributed by atoms with Crippen LogP contribution in [-0.2, 0) is 15.4 Å². The van der Waals surface area contributed by atoms with E-state index >= 15 is 0 Å². The van der Waals surface area contributed by atoms with Gasteiger partial charge in [-0.1, -0.05) is 46.4 Å². The number of benzene rings is 1. The Bertz CT molecular complexity index is 692. The zero-order chi connectivity index (χ0) is 17.0. The molecule has 1 unspecified atom stereocenters. The van der Waals surface area contributed by atoms with Crippen LogP contribution < -0.4 is 0 Å². The van der Waals surface area contributed by atoms with Crippen molar-refractivity contribution in [3.05, 3.63) is 31.2 Å². The number of hydrogen-bond donors (Lipinski definition) is 0. The number of carbonyl (C=O) groups excluding carboxylic acids is 2. The third-order valence-corrected chi connectivity index (χ3v) is 4.86. The summed E-state index contributed by atoms with van der Waals surface area (Å²) in [5.41, 5.74) is -6.49. The third kappa shape index (κ3) is 2.70. The van der Waals surface area contributed by atoms with E-state index in [-0.39, 0.29) is 15.1 Å². The van der Waals surface area contributed by atoms with Gasteiger partial charge in [0.2, 0.25) is 0 Å². The number of hydroxylamine groups is 2. The molecule has 0 spiro atoms. The molecule has 1 aromatic carbocycles. The van der Waals surface area contributed by atoms with Crippen LogP contribution in [0.1, 0.15) is 20.7 Å². The third-order valence-electron chi connectivity index (χ3n) is 2.39. The van der Waals surface area contributed by atoms with Gasteiger partial charge in [-0.05, 0) is 0 Å². The van der Waals surface area contributed by atoms with Gasteiger partial charge in [0.15, 0.2) is 0 Å². The first kappa shape index (κ1) is 17.8. The Hall–Kier alpha value is -0.580. The molecule has 1 aliphatic heterocycles. The van der Waals surface area contributed by atoms with Gasteiger partial charge in [-0.25, -0.2) is 4.21 Å². The fraction of sp³-hybridized carbons (Fsp3) is 0.111. The predicted molar refractivity (Wildman–Crippen MR) is 72.3 cm³/mol. The number of nitrogens with zero attached hydrogens (tertiary/aromatic N) is 1. The van der Waals surface area contributed by atoms with E-state index in [0.29, 0.717) is 0 Å². The van der Waals surface area contributed by atoms with Gasteiger partial charge in [0, 0.05) is 0 Å². The molecule has 0 saturated carbocycles. The van der Waals surface area contributed by atoms with Crippen LogP contribution in [0, 0.1) is 0 Å². The zero-order valence-corrected chi connectivity index (χ0v) is 13.5. The molecule has 0 aromatic heterocycles. The van der Waals surface area contributed by atoms with E-state index in [1.807, 2.05) is 0 Å². The number of carbonyl (C=O) groups is 2. The van der Waals surface area contributed by atoms with Crippen molar-refractivity contribution in [2.75, 3.05) is 0 Å². The Labute approximate surface area is 142 Å². The molecule has 1 heterocycles. The molecule has 120 valence electrons. The predicted octanol–water partition coefficient (Wildman–Crippen LogP) is 4.01. The second-order valence-corrected chi connectivity index (χ2v) is 6.26. The first-order valence-electron chi connectivity index (χ1n) is 4.90. The quantitative estimate of drug-likeness (QED) is 0.415. The Morgan fingerprint density at radius 2 is 1.23 bits per heavy atom. The molecule has 13 heteroatoms. The van der Waals surface area contributed by atoms with Crippen LogP contribution >= 0.6 is 46.4 Å². The van der Waals surface area contributed by atoms with Gasteiger partial charge in [-0.15, -0.1) is 5.06 Å². The van der Waals surface area contributed by atoms with Crippen molar-refractivity contribution in [1.29, 1.82) is 0 Å². The summed E-state index contributed by atoms with van der Waals surface area (Å²) < 4.78 is 51.3. The fourth-order valence-corrected chi connectivity index (χ4v) is 2.88. The SMILES string of the molecule is O=C1c2c(Cl)c(Cl)c(Cl)c(Cl)c2C(=O)N1OS(=O)C(F)(F)F. The van der Waals surface area contributed by atoms with Crippen LogP contribution in [0.2, 0.25) is 20.1 Å². The summed E-state index contributed by atoms with van der Waals surface area (Å²) in [5, 5.41) is -2.08. The molecule has 1 atom stereocenters. The second-order valence-electron chi connectivity index (χ2n) is 3.67. The van der Waals surface area contributed by atoms with E-state index in [0.717, 1.165) is 0 Å². The lowest BCUT2D eigenvalue weighted by atomic mass is 10.1. The van der Waals surface area contributed by atoms with Gasteiger partial charge in [-0.3, -0.25) is 9.59 Å². The van der Waals surface area contributed by atoms with E-state index in [1.165, 1.54) is 0 Å². The summed E-state index contributed by atoms with van der Waals surface area (Å²) >= 11 is 18.9. The van der Waals surface area contributed by atoms with Crippen molar-refractivity contribution in [2.24, 2.45) is 0 Å². The smallest absolute Gasteiger partial charge is 0.266 e. The summed E-state index contributed by atoms with van der Waals surface area (Å²) in [7, 11) is 0. The summed E-state index contributed by atoms with van der Waals surface area (Å²) in [6, 6.07) is 0. The van der Waals surface area contributed by atoms with Gasteiger partial charge in [0.05, 0.1) is 31.2 Å². The summed E-state index contributed by atoms with van der Waals surface area (Å²) in [5.74, 6) is -2.80. The molecule has 0 fully saturated rings. The van der Waals surface area contributed by atoms with Crippen molar-refractivity contribution >= 4 is 69.3 Å². The zero-order valence-electron chi connectivity index (χ0n) is 9.63. The van der Waals surface area contributed by atoms with Gasteiger partial charge in [0.25, 0.3) is 22.9 Å². The standard InChI is InChI=1S/C9Cl4F3NO4S/c10-3-1-2(4(11)6(13)5(3)12)8(19)17(7(1)18)21-22(20)9(14,15)16. The van der Waals surface area contributed by atoms with Gasteiger partial charge in [-0.2, -0.15) is 17.5 Å². The maximum absolute atomic E-state index is 12.2. The fourth-order valence-electron chi connectivity index (χ4n) is 1.51. The van der Waals surface area contributed by atoms with E-state index in [1.54, 1.807) is 0 Å². The number of hydrogen-bond acceptors (Lipinski definition) is 4. The number of imide groups is 1. The lowest BCUT2D eigenvalue weighted by Crippen LogP contribution is -2.34. The van der Waals surface area contributed by atoms with Crippen molar-refractivity contribution in [1.82, 2.24) is 5.06 Å². The maximum atomic E-state index is 12.2. The Morgan fingerprint density at radius 3 is 1.55 bits per heavy atom. The molecular weight excluding hydrogens is 417 g/mol. The van der Waals surface area contributed by atoms with Crippen LogP contribution in [0.25, 0.3) is 0 Å². The second kappa shape index (κ2) is 5.81. The summed E-state index contributed by atoms with van der Waals surface area (Å²) in [6.07, 6.45) is 0. The molecule has 1 aliphatic rings.